The number of hydrogen-bond acceptors (Lipinski definition) is 4. The Morgan fingerprint density at radius 3 is 2.71 bits per heavy atom. The Morgan fingerprint density at radius 1 is 1.18 bits per heavy atom. The summed E-state index contributed by atoms with van der Waals surface area (Å²) in [5.74, 6) is 1.62. The van der Waals surface area contributed by atoms with Crippen molar-refractivity contribution < 1.29 is 4.79 Å². The molecule has 1 aliphatic heterocycles. The molecule has 7 nitrogen and oxygen atoms in total. The van der Waals surface area contributed by atoms with E-state index in [0.717, 1.165) is 11.6 Å². The van der Waals surface area contributed by atoms with Crippen LogP contribution < -0.4 is 5.56 Å². The van der Waals surface area contributed by atoms with E-state index in [1.807, 2.05) is 25.1 Å². The van der Waals surface area contributed by atoms with E-state index in [-0.39, 0.29) is 17.5 Å². The zero-order valence-corrected chi connectivity index (χ0v) is 16.1. The molecule has 2 aromatic heterocycles. The van der Waals surface area contributed by atoms with Crippen LogP contribution in [0.2, 0.25) is 0 Å². The molecule has 0 aliphatic carbocycles. The number of carbonyl (C=O) groups excluding carboxylic acids is 1. The van der Waals surface area contributed by atoms with Gasteiger partial charge in [0.15, 0.2) is 5.82 Å². The SMILES string of the molecule is CCc1[nH]c(=O)ccc1C(=O)N1Cc2nnc(Cc3ccccc3)n2[C@@H](C)C1. The van der Waals surface area contributed by atoms with E-state index in [1.54, 1.807) is 11.0 Å². The number of nitrogens with zero attached hydrogens (tertiary/aromatic N) is 4. The molecule has 3 heterocycles. The lowest BCUT2D eigenvalue weighted by molar-refractivity contribution is 0.0678. The van der Waals surface area contributed by atoms with Gasteiger partial charge in [-0.25, -0.2) is 0 Å². The lowest BCUT2D eigenvalue weighted by Gasteiger charge is -2.33. The number of rotatable bonds is 4. The number of carbonyl (C=O) groups is 1. The van der Waals surface area contributed by atoms with Gasteiger partial charge in [-0.3, -0.25) is 9.59 Å². The molecule has 0 saturated carbocycles. The van der Waals surface area contributed by atoms with Crippen LogP contribution in [0.5, 0.6) is 0 Å². The lowest BCUT2D eigenvalue weighted by Crippen LogP contribution is -2.41. The van der Waals surface area contributed by atoms with Crippen LogP contribution in [-0.4, -0.2) is 37.1 Å². The number of amides is 1. The summed E-state index contributed by atoms with van der Waals surface area (Å²) in [5, 5.41) is 8.73. The Hall–Kier alpha value is -3.22. The summed E-state index contributed by atoms with van der Waals surface area (Å²) in [7, 11) is 0. The number of nitrogens with one attached hydrogen (secondary N) is 1. The average Bonchev–Trinajstić information content (AvgIpc) is 3.11. The first-order valence-electron chi connectivity index (χ1n) is 9.55. The maximum Gasteiger partial charge on any atom is 0.256 e. The van der Waals surface area contributed by atoms with Crippen molar-refractivity contribution in [2.24, 2.45) is 0 Å². The summed E-state index contributed by atoms with van der Waals surface area (Å²) in [6.45, 7) is 4.99. The molecule has 0 radical (unpaired) electrons. The number of aromatic amines is 1. The number of benzene rings is 1. The van der Waals surface area contributed by atoms with Crippen molar-refractivity contribution >= 4 is 5.91 Å². The van der Waals surface area contributed by atoms with Crippen LogP contribution in [0.3, 0.4) is 0 Å². The number of hydrogen-bond donors (Lipinski definition) is 1. The van der Waals surface area contributed by atoms with Gasteiger partial charge in [0.25, 0.3) is 5.91 Å². The number of H-pyrrole nitrogens is 1. The predicted molar refractivity (Wildman–Crippen MR) is 105 cm³/mol. The Kier molecular flexibility index (Phi) is 4.81. The minimum absolute atomic E-state index is 0.0780. The van der Waals surface area contributed by atoms with Crippen molar-refractivity contribution in [3.63, 3.8) is 0 Å². The van der Waals surface area contributed by atoms with Gasteiger partial charge in [0, 0.05) is 24.7 Å². The number of aromatic nitrogens is 4. The van der Waals surface area contributed by atoms with Crippen molar-refractivity contribution in [2.75, 3.05) is 6.54 Å². The van der Waals surface area contributed by atoms with Crippen molar-refractivity contribution in [3.8, 4) is 0 Å². The van der Waals surface area contributed by atoms with E-state index in [1.165, 1.54) is 11.6 Å². The highest BCUT2D eigenvalue weighted by molar-refractivity contribution is 5.95. The Bertz CT molecular complexity index is 1050. The summed E-state index contributed by atoms with van der Waals surface area (Å²) in [4.78, 5) is 29.2. The number of aryl methyl sites for hydroxylation is 1. The summed E-state index contributed by atoms with van der Waals surface area (Å²) < 4.78 is 2.14. The fourth-order valence-corrected chi connectivity index (χ4v) is 3.83. The van der Waals surface area contributed by atoms with Crippen LogP contribution in [-0.2, 0) is 19.4 Å². The third-order valence-corrected chi connectivity index (χ3v) is 5.17. The molecule has 0 spiro atoms. The zero-order valence-electron chi connectivity index (χ0n) is 16.1. The number of fused-ring (bicyclic) bond motifs is 1. The van der Waals surface area contributed by atoms with Gasteiger partial charge in [-0.05, 0) is 25.0 Å². The average molecular weight is 377 g/mol. The third kappa shape index (κ3) is 3.35. The van der Waals surface area contributed by atoms with Crippen molar-refractivity contribution in [2.45, 2.75) is 39.3 Å². The molecule has 1 aromatic carbocycles. The van der Waals surface area contributed by atoms with E-state index in [4.69, 9.17) is 0 Å². The molecule has 7 heteroatoms. The normalized spacial score (nSPS) is 16.1. The van der Waals surface area contributed by atoms with Crippen molar-refractivity contribution in [1.29, 1.82) is 0 Å². The fourth-order valence-electron chi connectivity index (χ4n) is 3.83. The molecule has 4 rings (SSSR count). The molecule has 28 heavy (non-hydrogen) atoms. The second-order valence-corrected chi connectivity index (χ2v) is 7.17. The Labute approximate surface area is 163 Å². The molecule has 1 N–H and O–H groups in total. The Morgan fingerprint density at radius 2 is 1.96 bits per heavy atom. The summed E-state index contributed by atoms with van der Waals surface area (Å²) in [6, 6.07) is 13.3. The second kappa shape index (κ2) is 7.42. The minimum Gasteiger partial charge on any atom is -0.329 e. The lowest BCUT2D eigenvalue weighted by atomic mass is 10.1. The van der Waals surface area contributed by atoms with Gasteiger partial charge in [0.05, 0.1) is 18.2 Å². The highest BCUT2D eigenvalue weighted by Gasteiger charge is 2.30. The predicted octanol–water partition coefficient (Wildman–Crippen LogP) is 2.34. The summed E-state index contributed by atoms with van der Waals surface area (Å²) in [5.41, 5.74) is 2.21. The van der Waals surface area contributed by atoms with Gasteiger partial charge in [0.2, 0.25) is 5.56 Å². The fraction of sp³-hybridized carbons (Fsp3) is 0.333. The minimum atomic E-state index is -0.189. The van der Waals surface area contributed by atoms with Crippen molar-refractivity contribution in [1.82, 2.24) is 24.6 Å². The molecule has 0 bridgehead atoms. The smallest absolute Gasteiger partial charge is 0.256 e. The maximum atomic E-state index is 13.1. The topological polar surface area (TPSA) is 83.9 Å². The molecule has 3 aromatic rings. The molecule has 0 saturated heterocycles. The monoisotopic (exact) mass is 377 g/mol. The standard InChI is InChI=1S/C21H23N5O2/c1-3-17-16(9-10-20(27)22-17)21(28)25-12-14(2)26-18(23-24-19(26)13-25)11-15-7-5-4-6-8-15/h4-10,14H,3,11-13H2,1-2H3,(H,22,27)/t14-/m0/s1. The molecule has 1 atom stereocenters. The van der Waals surface area contributed by atoms with E-state index in [2.05, 4.69) is 38.8 Å². The molecule has 144 valence electrons. The van der Waals surface area contributed by atoms with Gasteiger partial charge in [-0.15, -0.1) is 10.2 Å². The summed E-state index contributed by atoms with van der Waals surface area (Å²) in [6.07, 6.45) is 1.31. The van der Waals surface area contributed by atoms with E-state index >= 15 is 0 Å². The van der Waals surface area contributed by atoms with Gasteiger partial charge in [-0.2, -0.15) is 0 Å². The zero-order chi connectivity index (χ0) is 19.7. The molecular formula is C21H23N5O2. The van der Waals surface area contributed by atoms with Crippen LogP contribution >= 0.6 is 0 Å². The van der Waals surface area contributed by atoms with Gasteiger partial charge >= 0.3 is 0 Å². The molecule has 1 amide bonds. The van der Waals surface area contributed by atoms with Crippen LogP contribution in [0.4, 0.5) is 0 Å². The van der Waals surface area contributed by atoms with Crippen LogP contribution in [0.25, 0.3) is 0 Å². The third-order valence-electron chi connectivity index (χ3n) is 5.17. The van der Waals surface area contributed by atoms with Crippen LogP contribution in [0.15, 0.2) is 47.3 Å². The van der Waals surface area contributed by atoms with Crippen LogP contribution in [0, 0.1) is 0 Å². The van der Waals surface area contributed by atoms with Crippen molar-refractivity contribution in [3.05, 3.63) is 81.3 Å². The molecule has 0 unspecified atom stereocenters. The number of pyridine rings is 1. The first-order valence-corrected chi connectivity index (χ1v) is 9.55. The van der Waals surface area contributed by atoms with Gasteiger partial charge < -0.3 is 14.5 Å². The van der Waals surface area contributed by atoms with Gasteiger partial charge in [-0.1, -0.05) is 37.3 Å². The van der Waals surface area contributed by atoms with Gasteiger partial charge in [0.1, 0.15) is 5.82 Å². The first-order chi connectivity index (χ1) is 13.6. The molecule has 0 fully saturated rings. The highest BCUT2D eigenvalue weighted by atomic mass is 16.2. The summed E-state index contributed by atoms with van der Waals surface area (Å²) >= 11 is 0. The quantitative estimate of drug-likeness (QED) is 0.756. The van der Waals surface area contributed by atoms with E-state index in [9.17, 15) is 9.59 Å². The second-order valence-electron chi connectivity index (χ2n) is 7.17. The first kappa shape index (κ1) is 18.2. The van der Waals surface area contributed by atoms with E-state index in [0.29, 0.717) is 37.2 Å². The van der Waals surface area contributed by atoms with Crippen LogP contribution in [0.1, 0.15) is 53.2 Å². The largest absolute Gasteiger partial charge is 0.329 e. The maximum absolute atomic E-state index is 13.1. The highest BCUT2D eigenvalue weighted by Crippen LogP contribution is 2.24. The van der Waals surface area contributed by atoms with E-state index < -0.39 is 0 Å². The molecule has 1 aliphatic rings. The molecular weight excluding hydrogens is 354 g/mol. The Balaban J connectivity index is 1.59.